The maximum absolute atomic E-state index is 11.3. The molecule has 0 bridgehead atoms. The van der Waals surface area contributed by atoms with Crippen LogP contribution in [0.15, 0.2) is 6.07 Å². The topological polar surface area (TPSA) is 46.1 Å². The van der Waals surface area contributed by atoms with E-state index in [0.717, 1.165) is 30.3 Å². The van der Waals surface area contributed by atoms with E-state index in [1.165, 1.54) is 0 Å². The van der Waals surface area contributed by atoms with Gasteiger partial charge in [-0.2, -0.15) is 0 Å². The first-order chi connectivity index (χ1) is 7.15. The van der Waals surface area contributed by atoms with Gasteiger partial charge in [0.1, 0.15) is 11.6 Å². The minimum absolute atomic E-state index is 0.301. The van der Waals surface area contributed by atoms with Crippen LogP contribution in [0.5, 0.6) is 0 Å². The average molecular weight is 205 g/mol. The van der Waals surface area contributed by atoms with Gasteiger partial charge in [0.25, 0.3) is 0 Å². The first-order valence-corrected chi connectivity index (χ1v) is 5.24. The molecule has 80 valence electrons. The van der Waals surface area contributed by atoms with Crippen LogP contribution in [0.3, 0.4) is 0 Å². The molecule has 0 N–H and O–H groups in total. The number of hydrogen-bond acceptors (Lipinski definition) is 4. The van der Waals surface area contributed by atoms with E-state index in [1.807, 2.05) is 24.8 Å². The van der Waals surface area contributed by atoms with Crippen molar-refractivity contribution in [2.24, 2.45) is 0 Å². The number of ketones is 1. The third kappa shape index (κ3) is 2.32. The number of aryl methyl sites for hydroxylation is 2. The second-order valence-electron chi connectivity index (χ2n) is 3.98. The van der Waals surface area contributed by atoms with E-state index in [-0.39, 0.29) is 0 Å². The number of Topliss-reactive ketones (excluding diaryl/α,β-unsaturated/α-hetero) is 1. The highest BCUT2D eigenvalue weighted by atomic mass is 16.1. The van der Waals surface area contributed by atoms with Crippen LogP contribution in [-0.2, 0) is 4.79 Å². The van der Waals surface area contributed by atoms with Crippen LogP contribution in [-0.4, -0.2) is 28.8 Å². The minimum atomic E-state index is 0.301. The zero-order valence-corrected chi connectivity index (χ0v) is 9.16. The largest absolute Gasteiger partial charge is 0.349 e. The quantitative estimate of drug-likeness (QED) is 0.692. The molecule has 4 heteroatoms. The van der Waals surface area contributed by atoms with Crippen molar-refractivity contribution in [3.63, 3.8) is 0 Å². The molecule has 0 saturated carbocycles. The summed E-state index contributed by atoms with van der Waals surface area (Å²) >= 11 is 0. The van der Waals surface area contributed by atoms with E-state index in [1.54, 1.807) is 0 Å². The number of carbonyl (C=O) groups is 1. The van der Waals surface area contributed by atoms with Gasteiger partial charge >= 0.3 is 0 Å². The fourth-order valence-corrected chi connectivity index (χ4v) is 1.89. The maximum atomic E-state index is 11.3. The van der Waals surface area contributed by atoms with Crippen molar-refractivity contribution >= 4 is 11.6 Å². The van der Waals surface area contributed by atoms with Crippen LogP contribution in [0.1, 0.15) is 24.4 Å². The lowest BCUT2D eigenvalue weighted by Gasteiger charge is -2.27. The van der Waals surface area contributed by atoms with E-state index < -0.39 is 0 Å². The summed E-state index contributed by atoms with van der Waals surface area (Å²) < 4.78 is 0. The molecule has 0 unspecified atom stereocenters. The Labute approximate surface area is 89.3 Å². The molecule has 1 fully saturated rings. The molecule has 0 aliphatic carbocycles. The van der Waals surface area contributed by atoms with Gasteiger partial charge in [-0.3, -0.25) is 4.79 Å². The van der Waals surface area contributed by atoms with Gasteiger partial charge < -0.3 is 4.90 Å². The predicted octanol–water partition coefficient (Wildman–Crippen LogP) is 1.26. The molecule has 0 atom stereocenters. The number of rotatable bonds is 1. The van der Waals surface area contributed by atoms with Crippen molar-refractivity contribution in [2.75, 3.05) is 18.0 Å². The van der Waals surface area contributed by atoms with Gasteiger partial charge in [-0.25, -0.2) is 9.97 Å². The van der Waals surface area contributed by atoms with Crippen LogP contribution in [0.4, 0.5) is 5.82 Å². The van der Waals surface area contributed by atoms with Crippen molar-refractivity contribution in [1.82, 2.24) is 9.97 Å². The molecule has 15 heavy (non-hydrogen) atoms. The highest BCUT2D eigenvalue weighted by Gasteiger charge is 2.18. The van der Waals surface area contributed by atoms with E-state index in [0.29, 0.717) is 18.7 Å². The molecule has 0 amide bonds. The summed E-state index contributed by atoms with van der Waals surface area (Å²) in [5.41, 5.74) is 0.954. The Bertz CT molecular complexity index is 369. The third-order valence-corrected chi connectivity index (χ3v) is 2.53. The van der Waals surface area contributed by atoms with Crippen molar-refractivity contribution in [2.45, 2.75) is 26.7 Å². The van der Waals surface area contributed by atoms with Gasteiger partial charge in [0, 0.05) is 24.7 Å². The SMILES string of the molecule is Cc1cc(N2CCCC(=O)C2)nc(C)n1. The lowest BCUT2D eigenvalue weighted by Crippen LogP contribution is -2.36. The molecule has 1 aliphatic heterocycles. The highest BCUT2D eigenvalue weighted by Crippen LogP contribution is 2.16. The average Bonchev–Trinajstić information content (AvgIpc) is 2.16. The van der Waals surface area contributed by atoms with Gasteiger partial charge in [0.15, 0.2) is 5.78 Å². The van der Waals surface area contributed by atoms with E-state index in [2.05, 4.69) is 9.97 Å². The standard InChI is InChI=1S/C11H15N3O/c1-8-6-11(13-9(2)12-8)14-5-3-4-10(15)7-14/h6H,3-5,7H2,1-2H3. The van der Waals surface area contributed by atoms with E-state index in [9.17, 15) is 4.79 Å². The van der Waals surface area contributed by atoms with Crippen molar-refractivity contribution in [3.05, 3.63) is 17.6 Å². The molecule has 2 heterocycles. The first kappa shape index (κ1) is 10.1. The monoisotopic (exact) mass is 205 g/mol. The number of anilines is 1. The summed E-state index contributed by atoms with van der Waals surface area (Å²) in [5, 5.41) is 0. The number of carbonyl (C=O) groups excluding carboxylic acids is 1. The number of hydrogen-bond donors (Lipinski definition) is 0. The van der Waals surface area contributed by atoms with Crippen LogP contribution in [0.25, 0.3) is 0 Å². The molecule has 0 aromatic carbocycles. The molecule has 0 radical (unpaired) electrons. The molecule has 4 nitrogen and oxygen atoms in total. The fourth-order valence-electron chi connectivity index (χ4n) is 1.89. The molecule has 1 aromatic heterocycles. The first-order valence-electron chi connectivity index (χ1n) is 5.24. The Kier molecular flexibility index (Phi) is 2.66. The van der Waals surface area contributed by atoms with Gasteiger partial charge in [-0.05, 0) is 20.3 Å². The summed E-state index contributed by atoms with van der Waals surface area (Å²) in [4.78, 5) is 21.9. The molecular formula is C11H15N3O. The number of piperidine rings is 1. The molecule has 1 saturated heterocycles. The summed E-state index contributed by atoms with van der Waals surface area (Å²) in [6, 6.07) is 1.94. The van der Waals surface area contributed by atoms with Crippen molar-refractivity contribution in [3.8, 4) is 0 Å². The molecule has 1 aromatic rings. The van der Waals surface area contributed by atoms with Crippen LogP contribution < -0.4 is 4.90 Å². The van der Waals surface area contributed by atoms with Crippen molar-refractivity contribution < 1.29 is 4.79 Å². The zero-order chi connectivity index (χ0) is 10.8. The Hall–Kier alpha value is -1.45. The molecule has 1 aliphatic rings. The van der Waals surface area contributed by atoms with Gasteiger partial charge in [-0.1, -0.05) is 0 Å². The molecular weight excluding hydrogens is 190 g/mol. The summed E-state index contributed by atoms with van der Waals surface area (Å²) in [7, 11) is 0. The zero-order valence-electron chi connectivity index (χ0n) is 9.16. The van der Waals surface area contributed by atoms with Crippen LogP contribution in [0, 0.1) is 13.8 Å². The summed E-state index contributed by atoms with van der Waals surface area (Å²) in [5.74, 6) is 1.95. The smallest absolute Gasteiger partial charge is 0.152 e. The Balaban J connectivity index is 2.24. The second-order valence-corrected chi connectivity index (χ2v) is 3.98. The Morgan fingerprint density at radius 1 is 1.33 bits per heavy atom. The molecule has 0 spiro atoms. The second kappa shape index (κ2) is 3.96. The van der Waals surface area contributed by atoms with E-state index >= 15 is 0 Å². The normalized spacial score (nSPS) is 16.9. The number of nitrogens with zero attached hydrogens (tertiary/aromatic N) is 3. The lowest BCUT2D eigenvalue weighted by molar-refractivity contribution is -0.118. The van der Waals surface area contributed by atoms with Gasteiger partial charge in [0.2, 0.25) is 0 Å². The van der Waals surface area contributed by atoms with Crippen molar-refractivity contribution in [1.29, 1.82) is 0 Å². The predicted molar refractivity (Wildman–Crippen MR) is 58.0 cm³/mol. The lowest BCUT2D eigenvalue weighted by atomic mass is 10.1. The van der Waals surface area contributed by atoms with Gasteiger partial charge in [0.05, 0.1) is 6.54 Å². The fraction of sp³-hybridized carbons (Fsp3) is 0.545. The van der Waals surface area contributed by atoms with E-state index in [4.69, 9.17) is 0 Å². The maximum Gasteiger partial charge on any atom is 0.152 e. The number of aromatic nitrogens is 2. The summed E-state index contributed by atoms with van der Waals surface area (Å²) in [6.07, 6.45) is 1.64. The van der Waals surface area contributed by atoms with Gasteiger partial charge in [-0.15, -0.1) is 0 Å². The molecule has 2 rings (SSSR count). The highest BCUT2D eigenvalue weighted by molar-refractivity contribution is 5.84. The minimum Gasteiger partial charge on any atom is -0.349 e. The summed E-state index contributed by atoms with van der Waals surface area (Å²) in [6.45, 7) is 5.24. The third-order valence-electron chi connectivity index (χ3n) is 2.53. The Morgan fingerprint density at radius 3 is 2.80 bits per heavy atom. The van der Waals surface area contributed by atoms with Crippen LogP contribution >= 0.6 is 0 Å². The Morgan fingerprint density at radius 2 is 2.13 bits per heavy atom. The van der Waals surface area contributed by atoms with Crippen LogP contribution in [0.2, 0.25) is 0 Å².